The number of aromatic nitrogens is 3. The van der Waals surface area contributed by atoms with Crippen molar-refractivity contribution in [2.45, 2.75) is 57.0 Å². The van der Waals surface area contributed by atoms with Gasteiger partial charge in [0.1, 0.15) is 0 Å². The monoisotopic (exact) mass is 467 g/mol. The first kappa shape index (κ1) is 22.4. The Bertz CT molecular complexity index is 1400. The lowest BCUT2D eigenvalue weighted by atomic mass is 9.75. The molecule has 1 fully saturated rings. The second-order valence-corrected chi connectivity index (χ2v) is 9.48. The topological polar surface area (TPSA) is 80.1 Å². The van der Waals surface area contributed by atoms with Crippen LogP contribution in [-0.2, 0) is 4.79 Å². The standard InChI is InChI=1S/C26H27F2N3O3/c1-14(2)24-23(15-6-8-26(28,9-7-15)25(32)33)18-12-20-16(13-29-30-20)10-21(18)31(24)17-4-5-19(27)22(11-17)34-3/h4-5,10-15H,6-9H2,1-3H3,(H,29,30)(H,32,33). The van der Waals surface area contributed by atoms with Gasteiger partial charge in [-0.1, -0.05) is 13.8 Å². The Morgan fingerprint density at radius 2 is 2.00 bits per heavy atom. The highest BCUT2D eigenvalue weighted by Crippen LogP contribution is 2.47. The van der Waals surface area contributed by atoms with Crippen molar-refractivity contribution in [3.63, 3.8) is 0 Å². The number of nitrogens with zero attached hydrogens (tertiary/aromatic N) is 2. The molecule has 0 unspecified atom stereocenters. The molecule has 4 aromatic rings. The predicted octanol–water partition coefficient (Wildman–Crippen LogP) is 6.23. The average molecular weight is 468 g/mol. The van der Waals surface area contributed by atoms with Gasteiger partial charge in [0.25, 0.3) is 0 Å². The Balaban J connectivity index is 1.77. The van der Waals surface area contributed by atoms with Crippen LogP contribution in [0.25, 0.3) is 27.5 Å². The number of ether oxygens (including phenoxy) is 1. The van der Waals surface area contributed by atoms with Crippen molar-refractivity contribution in [3.8, 4) is 11.4 Å². The van der Waals surface area contributed by atoms with Crippen LogP contribution in [0.2, 0.25) is 0 Å². The maximum atomic E-state index is 14.8. The number of H-pyrrole nitrogens is 1. The first-order valence-electron chi connectivity index (χ1n) is 11.5. The van der Waals surface area contributed by atoms with Crippen LogP contribution >= 0.6 is 0 Å². The molecule has 5 rings (SSSR count). The number of carbonyl (C=O) groups is 1. The molecule has 2 aromatic carbocycles. The molecule has 0 aliphatic heterocycles. The zero-order valence-electron chi connectivity index (χ0n) is 19.4. The summed E-state index contributed by atoms with van der Waals surface area (Å²) in [5.74, 6) is -1.55. The van der Waals surface area contributed by atoms with Crippen molar-refractivity contribution in [1.82, 2.24) is 14.8 Å². The first-order valence-corrected chi connectivity index (χ1v) is 11.5. The number of nitrogens with one attached hydrogen (secondary N) is 1. The van der Waals surface area contributed by atoms with Crippen LogP contribution in [0.1, 0.15) is 62.6 Å². The first-order chi connectivity index (χ1) is 16.2. The highest BCUT2D eigenvalue weighted by atomic mass is 19.1. The largest absolute Gasteiger partial charge is 0.494 e. The summed E-state index contributed by atoms with van der Waals surface area (Å²) in [7, 11) is 1.44. The highest BCUT2D eigenvalue weighted by molar-refractivity contribution is 5.99. The van der Waals surface area contributed by atoms with Crippen LogP contribution in [-0.4, -0.2) is 38.6 Å². The number of aromatic amines is 1. The molecule has 0 spiro atoms. The molecule has 2 heterocycles. The predicted molar refractivity (Wildman–Crippen MR) is 126 cm³/mol. The third-order valence-electron chi connectivity index (χ3n) is 7.11. The van der Waals surface area contributed by atoms with E-state index in [0.29, 0.717) is 12.8 Å². The molecule has 178 valence electrons. The van der Waals surface area contributed by atoms with Gasteiger partial charge >= 0.3 is 5.97 Å². The quantitative estimate of drug-likeness (QED) is 0.365. The molecule has 6 nitrogen and oxygen atoms in total. The molecule has 2 aromatic heterocycles. The zero-order chi connectivity index (χ0) is 24.2. The molecule has 1 aliphatic carbocycles. The lowest BCUT2D eigenvalue weighted by Crippen LogP contribution is -2.37. The van der Waals surface area contributed by atoms with Crippen LogP contribution in [0.4, 0.5) is 8.78 Å². The lowest BCUT2D eigenvalue weighted by Gasteiger charge is -2.32. The van der Waals surface area contributed by atoms with Crippen LogP contribution in [0, 0.1) is 5.82 Å². The summed E-state index contributed by atoms with van der Waals surface area (Å²) in [6.07, 6.45) is 2.60. The van der Waals surface area contributed by atoms with Gasteiger partial charge in [-0.15, -0.1) is 0 Å². The lowest BCUT2D eigenvalue weighted by molar-refractivity contribution is -0.153. The number of alkyl halides is 1. The number of hydrogen-bond donors (Lipinski definition) is 2. The van der Waals surface area contributed by atoms with E-state index in [1.165, 1.54) is 13.2 Å². The van der Waals surface area contributed by atoms with E-state index in [-0.39, 0.29) is 30.4 Å². The van der Waals surface area contributed by atoms with Gasteiger partial charge in [-0.25, -0.2) is 13.6 Å². The van der Waals surface area contributed by atoms with Gasteiger partial charge in [0.15, 0.2) is 11.6 Å². The number of halogens is 2. The van der Waals surface area contributed by atoms with Crippen LogP contribution in [0.5, 0.6) is 5.75 Å². The second-order valence-electron chi connectivity index (χ2n) is 9.48. The fraction of sp³-hybridized carbons (Fsp3) is 0.385. The summed E-state index contributed by atoms with van der Waals surface area (Å²) in [6.45, 7) is 4.20. The van der Waals surface area contributed by atoms with E-state index in [4.69, 9.17) is 4.74 Å². The summed E-state index contributed by atoms with van der Waals surface area (Å²) in [5, 5.41) is 18.5. The van der Waals surface area contributed by atoms with Gasteiger partial charge in [-0.05, 0) is 67.3 Å². The molecule has 1 aliphatic rings. The van der Waals surface area contributed by atoms with E-state index in [1.807, 2.05) is 0 Å². The summed E-state index contributed by atoms with van der Waals surface area (Å²) in [6, 6.07) is 8.92. The van der Waals surface area contributed by atoms with E-state index in [2.05, 4.69) is 40.7 Å². The number of benzene rings is 2. The SMILES string of the molecule is COc1cc(-n2c(C(C)C)c(C3CCC(F)(C(=O)O)CC3)c3cc4[nH]ncc4cc32)ccc1F. The molecule has 0 bridgehead atoms. The van der Waals surface area contributed by atoms with E-state index in [1.54, 1.807) is 18.3 Å². The number of rotatable bonds is 5. The molecule has 0 amide bonds. The molecule has 0 saturated heterocycles. The number of aliphatic carboxylic acids is 1. The normalized spacial score (nSPS) is 20.9. The molecule has 0 atom stereocenters. The molecule has 34 heavy (non-hydrogen) atoms. The molecule has 8 heteroatoms. The zero-order valence-corrected chi connectivity index (χ0v) is 19.4. The summed E-state index contributed by atoms with van der Waals surface area (Å²) in [4.78, 5) is 11.5. The van der Waals surface area contributed by atoms with E-state index >= 15 is 0 Å². The average Bonchev–Trinajstić information content (AvgIpc) is 3.40. The Morgan fingerprint density at radius 3 is 2.65 bits per heavy atom. The number of carboxylic acid groups (broad SMARTS) is 1. The molecular formula is C26H27F2N3O3. The van der Waals surface area contributed by atoms with Crippen molar-refractivity contribution < 1.29 is 23.4 Å². The molecule has 2 N–H and O–H groups in total. The Kier molecular flexibility index (Phi) is 5.34. The number of hydrogen-bond acceptors (Lipinski definition) is 3. The van der Waals surface area contributed by atoms with Gasteiger partial charge in [-0.2, -0.15) is 5.10 Å². The highest BCUT2D eigenvalue weighted by Gasteiger charge is 2.43. The maximum absolute atomic E-state index is 14.8. The third-order valence-corrected chi connectivity index (χ3v) is 7.11. The summed E-state index contributed by atoms with van der Waals surface area (Å²) < 4.78 is 36.4. The van der Waals surface area contributed by atoms with E-state index < -0.39 is 17.5 Å². The van der Waals surface area contributed by atoms with Crippen molar-refractivity contribution in [2.75, 3.05) is 7.11 Å². The van der Waals surface area contributed by atoms with Gasteiger partial charge in [0.05, 0.1) is 24.3 Å². The van der Waals surface area contributed by atoms with Crippen molar-refractivity contribution in [1.29, 1.82) is 0 Å². The summed E-state index contributed by atoms with van der Waals surface area (Å²) in [5.41, 5.74) is 2.57. The van der Waals surface area contributed by atoms with Crippen molar-refractivity contribution in [2.24, 2.45) is 0 Å². The van der Waals surface area contributed by atoms with Crippen molar-refractivity contribution in [3.05, 3.63) is 53.6 Å². The van der Waals surface area contributed by atoms with Crippen LogP contribution in [0.3, 0.4) is 0 Å². The fourth-order valence-corrected chi connectivity index (χ4v) is 5.41. The van der Waals surface area contributed by atoms with Gasteiger partial charge in [0.2, 0.25) is 5.67 Å². The minimum Gasteiger partial charge on any atom is -0.494 e. The Hall–Kier alpha value is -3.42. The van der Waals surface area contributed by atoms with Gasteiger partial charge < -0.3 is 14.4 Å². The third kappa shape index (κ3) is 3.43. The van der Waals surface area contributed by atoms with Crippen molar-refractivity contribution >= 4 is 27.8 Å². The fourth-order valence-electron chi connectivity index (χ4n) is 5.41. The second kappa shape index (κ2) is 8.11. The Morgan fingerprint density at radius 1 is 1.26 bits per heavy atom. The molecule has 0 radical (unpaired) electrons. The minimum absolute atomic E-state index is 0.00657. The van der Waals surface area contributed by atoms with Gasteiger partial charge in [0, 0.05) is 28.2 Å². The molecule has 1 saturated carbocycles. The van der Waals surface area contributed by atoms with Crippen LogP contribution in [0.15, 0.2) is 36.5 Å². The minimum atomic E-state index is -2.17. The van der Waals surface area contributed by atoms with Crippen LogP contribution < -0.4 is 4.74 Å². The smallest absolute Gasteiger partial charge is 0.341 e. The summed E-state index contributed by atoms with van der Waals surface area (Å²) >= 11 is 0. The Labute approximate surface area is 195 Å². The molecular weight excluding hydrogens is 440 g/mol. The van der Waals surface area contributed by atoms with E-state index in [9.17, 15) is 18.7 Å². The van der Waals surface area contributed by atoms with Gasteiger partial charge in [-0.3, -0.25) is 5.10 Å². The number of methoxy groups -OCH3 is 1. The van der Waals surface area contributed by atoms with E-state index in [0.717, 1.165) is 38.8 Å². The maximum Gasteiger partial charge on any atom is 0.341 e. The number of carboxylic acids is 1. The number of fused-ring (bicyclic) bond motifs is 2.